The molecule has 2 aromatic rings. The van der Waals surface area contributed by atoms with Gasteiger partial charge in [0.15, 0.2) is 0 Å². The van der Waals surface area contributed by atoms with Crippen LogP contribution in [0.3, 0.4) is 0 Å². The van der Waals surface area contributed by atoms with Crippen molar-refractivity contribution >= 4 is 35.6 Å². The first-order chi connectivity index (χ1) is 13.6. The van der Waals surface area contributed by atoms with E-state index >= 15 is 0 Å². The predicted molar refractivity (Wildman–Crippen MR) is 116 cm³/mol. The molecule has 3 N–H and O–H groups in total. The Hall–Kier alpha value is -2.41. The second kappa shape index (κ2) is 9.39. The summed E-state index contributed by atoms with van der Waals surface area (Å²) in [6, 6.07) is 14.4. The van der Waals surface area contributed by atoms with Crippen molar-refractivity contribution in [1.29, 1.82) is 0 Å². The highest BCUT2D eigenvalue weighted by molar-refractivity contribution is 6.07. The number of carbonyl (C=O) groups is 2. The van der Waals surface area contributed by atoms with E-state index in [1.807, 2.05) is 23.1 Å². The molecular weight excluding hydrogens is 390 g/mol. The molecule has 1 fully saturated rings. The predicted octanol–water partition coefficient (Wildman–Crippen LogP) is 3.00. The standard InChI is InChI=1S/C22H25N3O3.ClH/c23-20(16-10-13-28-14-11-16)21(26)24-18-7-5-17(6-8-18)22(27)25-12-9-15-3-1-2-4-19(15)25;/h1-8,16,20H,9-14,23H2,(H,24,26);1H. The highest BCUT2D eigenvalue weighted by atomic mass is 35.5. The minimum atomic E-state index is -0.550. The fourth-order valence-corrected chi connectivity index (χ4v) is 3.92. The number of hydrogen-bond donors (Lipinski definition) is 2. The molecule has 2 aliphatic heterocycles. The van der Waals surface area contributed by atoms with Crippen LogP contribution in [0.25, 0.3) is 0 Å². The van der Waals surface area contributed by atoms with Gasteiger partial charge in [0.25, 0.3) is 5.91 Å². The molecular formula is C22H26ClN3O3. The van der Waals surface area contributed by atoms with Crippen LogP contribution in [0.4, 0.5) is 11.4 Å². The number of para-hydroxylation sites is 1. The molecule has 0 spiro atoms. The number of carbonyl (C=O) groups excluding carboxylic acids is 2. The fraction of sp³-hybridized carbons (Fsp3) is 0.364. The van der Waals surface area contributed by atoms with Crippen LogP contribution in [0.1, 0.15) is 28.8 Å². The number of ether oxygens (including phenoxy) is 1. The Kier molecular flexibility index (Phi) is 6.90. The van der Waals surface area contributed by atoms with Crippen LogP contribution >= 0.6 is 12.4 Å². The van der Waals surface area contributed by atoms with E-state index in [0.717, 1.165) is 24.9 Å². The van der Waals surface area contributed by atoms with E-state index in [2.05, 4.69) is 11.4 Å². The van der Waals surface area contributed by atoms with Gasteiger partial charge in [-0.25, -0.2) is 0 Å². The van der Waals surface area contributed by atoms with E-state index in [0.29, 0.717) is 31.0 Å². The third-order valence-electron chi connectivity index (χ3n) is 5.61. The number of benzene rings is 2. The number of hydrogen-bond acceptors (Lipinski definition) is 4. The maximum Gasteiger partial charge on any atom is 0.258 e. The Morgan fingerprint density at radius 2 is 1.76 bits per heavy atom. The zero-order chi connectivity index (χ0) is 19.5. The van der Waals surface area contributed by atoms with Gasteiger partial charge in [0.1, 0.15) is 0 Å². The van der Waals surface area contributed by atoms with Crippen LogP contribution in [-0.4, -0.2) is 37.6 Å². The smallest absolute Gasteiger partial charge is 0.258 e. The van der Waals surface area contributed by atoms with Crippen molar-refractivity contribution in [3.05, 3.63) is 59.7 Å². The van der Waals surface area contributed by atoms with Gasteiger partial charge in [-0.2, -0.15) is 0 Å². The Morgan fingerprint density at radius 1 is 1.07 bits per heavy atom. The van der Waals surface area contributed by atoms with Gasteiger partial charge < -0.3 is 20.7 Å². The SMILES string of the molecule is Cl.NC(C(=O)Nc1ccc(C(=O)N2CCc3ccccc32)cc1)C1CCOCC1. The molecule has 0 saturated carbocycles. The lowest BCUT2D eigenvalue weighted by Crippen LogP contribution is -2.44. The van der Waals surface area contributed by atoms with Gasteiger partial charge in [0.05, 0.1) is 6.04 Å². The first-order valence-electron chi connectivity index (χ1n) is 9.77. The highest BCUT2D eigenvalue weighted by Gasteiger charge is 2.27. The number of rotatable bonds is 4. The van der Waals surface area contributed by atoms with Crippen molar-refractivity contribution in [3.8, 4) is 0 Å². The summed E-state index contributed by atoms with van der Waals surface area (Å²) in [4.78, 5) is 27.1. The molecule has 2 aliphatic rings. The summed E-state index contributed by atoms with van der Waals surface area (Å²) in [5.74, 6) is -0.0778. The van der Waals surface area contributed by atoms with E-state index < -0.39 is 6.04 Å². The lowest BCUT2D eigenvalue weighted by Gasteiger charge is -2.26. The molecule has 4 rings (SSSR count). The van der Waals surface area contributed by atoms with Crippen LogP contribution in [0.15, 0.2) is 48.5 Å². The summed E-state index contributed by atoms with van der Waals surface area (Å²) in [6.07, 6.45) is 2.48. The topological polar surface area (TPSA) is 84.7 Å². The number of amides is 2. The lowest BCUT2D eigenvalue weighted by molar-refractivity contribution is -0.119. The molecule has 6 nitrogen and oxygen atoms in total. The molecule has 2 aromatic carbocycles. The van der Waals surface area contributed by atoms with Gasteiger partial charge in [-0.15, -0.1) is 12.4 Å². The van der Waals surface area contributed by atoms with E-state index in [9.17, 15) is 9.59 Å². The number of nitrogens with zero attached hydrogens (tertiary/aromatic N) is 1. The van der Waals surface area contributed by atoms with Gasteiger partial charge in [0, 0.05) is 36.7 Å². The van der Waals surface area contributed by atoms with Crippen LogP contribution in [-0.2, 0) is 16.0 Å². The average Bonchev–Trinajstić information content (AvgIpc) is 3.18. The van der Waals surface area contributed by atoms with Crippen LogP contribution in [0.5, 0.6) is 0 Å². The quantitative estimate of drug-likeness (QED) is 0.803. The maximum absolute atomic E-state index is 12.9. The third kappa shape index (κ3) is 4.61. The molecule has 7 heteroatoms. The molecule has 2 heterocycles. The summed E-state index contributed by atoms with van der Waals surface area (Å²) in [6.45, 7) is 2.00. The van der Waals surface area contributed by atoms with Crippen molar-refractivity contribution in [3.63, 3.8) is 0 Å². The van der Waals surface area contributed by atoms with E-state index in [4.69, 9.17) is 10.5 Å². The molecule has 154 valence electrons. The van der Waals surface area contributed by atoms with Crippen LogP contribution < -0.4 is 16.0 Å². The summed E-state index contributed by atoms with van der Waals surface area (Å²) in [5.41, 5.74) is 9.54. The van der Waals surface area contributed by atoms with Crippen LogP contribution in [0, 0.1) is 5.92 Å². The summed E-state index contributed by atoms with van der Waals surface area (Å²) in [7, 11) is 0. The molecule has 0 aliphatic carbocycles. The van der Waals surface area contributed by atoms with Gasteiger partial charge in [0.2, 0.25) is 5.91 Å². The fourth-order valence-electron chi connectivity index (χ4n) is 3.92. The Balaban J connectivity index is 0.00000240. The van der Waals surface area contributed by atoms with Gasteiger partial charge in [-0.3, -0.25) is 9.59 Å². The summed E-state index contributed by atoms with van der Waals surface area (Å²) in [5, 5.41) is 2.86. The lowest BCUT2D eigenvalue weighted by atomic mass is 9.92. The van der Waals surface area contributed by atoms with E-state index in [-0.39, 0.29) is 30.1 Å². The second-order valence-electron chi connectivity index (χ2n) is 7.38. The normalized spacial score (nSPS) is 17.2. The Labute approximate surface area is 176 Å². The average molecular weight is 416 g/mol. The molecule has 1 saturated heterocycles. The zero-order valence-electron chi connectivity index (χ0n) is 16.2. The molecule has 1 unspecified atom stereocenters. The summed E-state index contributed by atoms with van der Waals surface area (Å²) >= 11 is 0. The molecule has 2 amide bonds. The van der Waals surface area contributed by atoms with Crippen molar-refractivity contribution in [1.82, 2.24) is 0 Å². The van der Waals surface area contributed by atoms with Crippen molar-refractivity contribution < 1.29 is 14.3 Å². The first-order valence-corrected chi connectivity index (χ1v) is 9.77. The molecule has 1 atom stereocenters. The van der Waals surface area contributed by atoms with Gasteiger partial charge in [-0.1, -0.05) is 18.2 Å². The highest BCUT2D eigenvalue weighted by Crippen LogP contribution is 2.29. The number of nitrogens with one attached hydrogen (secondary N) is 1. The van der Waals surface area contributed by atoms with E-state index in [1.54, 1.807) is 24.3 Å². The van der Waals surface area contributed by atoms with Crippen molar-refractivity contribution in [2.24, 2.45) is 11.7 Å². The molecule has 0 radical (unpaired) electrons. The molecule has 29 heavy (non-hydrogen) atoms. The van der Waals surface area contributed by atoms with E-state index in [1.165, 1.54) is 5.56 Å². The number of fused-ring (bicyclic) bond motifs is 1. The number of anilines is 2. The van der Waals surface area contributed by atoms with Crippen molar-refractivity contribution in [2.75, 3.05) is 30.0 Å². The minimum Gasteiger partial charge on any atom is -0.381 e. The molecule has 0 bridgehead atoms. The van der Waals surface area contributed by atoms with Gasteiger partial charge in [-0.05, 0) is 61.1 Å². The Bertz CT molecular complexity index is 866. The van der Waals surface area contributed by atoms with Crippen molar-refractivity contribution in [2.45, 2.75) is 25.3 Å². The second-order valence-corrected chi connectivity index (χ2v) is 7.38. The first kappa shape index (κ1) is 21.3. The Morgan fingerprint density at radius 3 is 2.48 bits per heavy atom. The third-order valence-corrected chi connectivity index (χ3v) is 5.61. The maximum atomic E-state index is 12.9. The van der Waals surface area contributed by atoms with Crippen LogP contribution in [0.2, 0.25) is 0 Å². The number of nitrogens with two attached hydrogens (primary N) is 1. The monoisotopic (exact) mass is 415 g/mol. The number of halogens is 1. The largest absolute Gasteiger partial charge is 0.381 e. The zero-order valence-corrected chi connectivity index (χ0v) is 17.0. The minimum absolute atomic E-state index is 0. The molecule has 0 aromatic heterocycles. The van der Waals surface area contributed by atoms with Gasteiger partial charge >= 0.3 is 0 Å². The summed E-state index contributed by atoms with van der Waals surface area (Å²) < 4.78 is 5.32.